The quantitative estimate of drug-likeness (QED) is 0.556. The standard InChI is InChI=1S/C6H6Cl2N2O/c7-5-1-4(3-9-11)2-6(8)10-5/h1-2,9,11H,3H2. The molecular weight excluding hydrogens is 187 g/mol. The fourth-order valence-electron chi connectivity index (χ4n) is 0.708. The zero-order valence-corrected chi connectivity index (χ0v) is 7.02. The Morgan fingerprint density at radius 1 is 1.36 bits per heavy atom. The highest BCUT2D eigenvalue weighted by atomic mass is 35.5. The highest BCUT2D eigenvalue weighted by Gasteiger charge is 1.97. The third kappa shape index (κ3) is 2.63. The lowest BCUT2D eigenvalue weighted by Crippen LogP contribution is -2.06. The van der Waals surface area contributed by atoms with Gasteiger partial charge in [0.2, 0.25) is 0 Å². The second kappa shape index (κ2) is 3.88. The van der Waals surface area contributed by atoms with Crippen LogP contribution in [0.5, 0.6) is 0 Å². The molecule has 2 N–H and O–H groups in total. The van der Waals surface area contributed by atoms with Crippen LogP contribution in [0.3, 0.4) is 0 Å². The molecule has 60 valence electrons. The van der Waals surface area contributed by atoms with Crippen LogP contribution in [-0.2, 0) is 6.54 Å². The van der Waals surface area contributed by atoms with E-state index in [-0.39, 0.29) is 0 Å². The van der Waals surface area contributed by atoms with Gasteiger partial charge in [0.15, 0.2) is 0 Å². The van der Waals surface area contributed by atoms with Crippen LogP contribution in [0.15, 0.2) is 12.1 Å². The van der Waals surface area contributed by atoms with E-state index < -0.39 is 0 Å². The first kappa shape index (κ1) is 8.74. The van der Waals surface area contributed by atoms with E-state index in [1.54, 1.807) is 12.1 Å². The number of aromatic nitrogens is 1. The van der Waals surface area contributed by atoms with Crippen LogP contribution in [0.1, 0.15) is 5.56 Å². The summed E-state index contributed by atoms with van der Waals surface area (Å²) in [5, 5.41) is 8.99. The smallest absolute Gasteiger partial charge is 0.131 e. The minimum absolute atomic E-state index is 0.307. The molecule has 3 nitrogen and oxygen atoms in total. The Bertz CT molecular complexity index is 234. The van der Waals surface area contributed by atoms with Crippen LogP contribution in [0.4, 0.5) is 0 Å². The first-order valence-corrected chi connectivity index (χ1v) is 3.67. The van der Waals surface area contributed by atoms with E-state index in [2.05, 4.69) is 4.98 Å². The molecule has 0 unspecified atom stereocenters. The summed E-state index contributed by atoms with van der Waals surface area (Å²) in [5.41, 5.74) is 2.78. The molecule has 1 aromatic heterocycles. The molecule has 0 aliphatic carbocycles. The zero-order valence-electron chi connectivity index (χ0n) is 5.51. The number of hydrogen-bond acceptors (Lipinski definition) is 3. The molecular formula is C6H6Cl2N2O. The van der Waals surface area contributed by atoms with Crippen LogP contribution < -0.4 is 5.48 Å². The third-order valence-corrected chi connectivity index (χ3v) is 1.49. The maximum absolute atomic E-state index is 8.34. The molecule has 0 atom stereocenters. The Morgan fingerprint density at radius 2 is 1.91 bits per heavy atom. The van der Waals surface area contributed by atoms with Crippen molar-refractivity contribution in [2.45, 2.75) is 6.54 Å². The molecule has 0 radical (unpaired) electrons. The molecule has 0 aliphatic rings. The van der Waals surface area contributed by atoms with Crippen molar-refractivity contribution < 1.29 is 5.21 Å². The molecule has 0 bridgehead atoms. The molecule has 0 aromatic carbocycles. The predicted octanol–water partition coefficient (Wildman–Crippen LogP) is 1.87. The molecule has 1 heterocycles. The Labute approximate surface area is 73.9 Å². The molecule has 0 saturated carbocycles. The number of nitrogens with zero attached hydrogens (tertiary/aromatic N) is 1. The van der Waals surface area contributed by atoms with E-state index in [0.29, 0.717) is 16.9 Å². The van der Waals surface area contributed by atoms with E-state index in [9.17, 15) is 0 Å². The second-order valence-corrected chi connectivity index (χ2v) is 2.73. The minimum atomic E-state index is 0.307. The summed E-state index contributed by atoms with van der Waals surface area (Å²) in [5.74, 6) is 0. The van der Waals surface area contributed by atoms with Gasteiger partial charge in [0, 0.05) is 6.54 Å². The Hall–Kier alpha value is -0.350. The molecule has 0 aliphatic heterocycles. The minimum Gasteiger partial charge on any atom is -0.316 e. The molecule has 5 heteroatoms. The SMILES string of the molecule is ONCc1cc(Cl)nc(Cl)c1. The largest absolute Gasteiger partial charge is 0.316 e. The molecule has 1 aromatic rings. The summed E-state index contributed by atoms with van der Waals surface area (Å²) in [6, 6.07) is 3.24. The first-order valence-electron chi connectivity index (χ1n) is 2.91. The summed E-state index contributed by atoms with van der Waals surface area (Å²) in [6.07, 6.45) is 0. The topological polar surface area (TPSA) is 45.1 Å². The number of nitrogens with one attached hydrogen (secondary N) is 1. The van der Waals surface area contributed by atoms with Gasteiger partial charge in [-0.15, -0.1) is 0 Å². The van der Waals surface area contributed by atoms with Gasteiger partial charge in [-0.25, -0.2) is 10.5 Å². The van der Waals surface area contributed by atoms with E-state index >= 15 is 0 Å². The van der Waals surface area contributed by atoms with Crippen molar-refractivity contribution in [2.24, 2.45) is 0 Å². The van der Waals surface area contributed by atoms with Crippen molar-refractivity contribution in [3.63, 3.8) is 0 Å². The lowest BCUT2D eigenvalue weighted by atomic mass is 10.3. The van der Waals surface area contributed by atoms with Gasteiger partial charge in [0.25, 0.3) is 0 Å². The van der Waals surface area contributed by atoms with Crippen LogP contribution in [0.25, 0.3) is 0 Å². The van der Waals surface area contributed by atoms with Crippen LogP contribution in [0.2, 0.25) is 10.3 Å². The van der Waals surface area contributed by atoms with Gasteiger partial charge in [-0.2, -0.15) is 0 Å². The molecule has 0 spiro atoms. The average Bonchev–Trinajstić information content (AvgIpc) is 1.85. The van der Waals surface area contributed by atoms with Gasteiger partial charge in [0.1, 0.15) is 10.3 Å². The van der Waals surface area contributed by atoms with Gasteiger partial charge in [-0.05, 0) is 17.7 Å². The fraction of sp³-hybridized carbons (Fsp3) is 0.167. The van der Waals surface area contributed by atoms with Crippen LogP contribution >= 0.6 is 23.2 Å². The third-order valence-electron chi connectivity index (χ3n) is 1.11. The van der Waals surface area contributed by atoms with Gasteiger partial charge < -0.3 is 5.21 Å². The summed E-state index contributed by atoms with van der Waals surface area (Å²) >= 11 is 11.2. The van der Waals surface area contributed by atoms with Crippen molar-refractivity contribution in [1.29, 1.82) is 0 Å². The van der Waals surface area contributed by atoms with E-state index in [1.165, 1.54) is 0 Å². The predicted molar refractivity (Wildman–Crippen MR) is 42.9 cm³/mol. The van der Waals surface area contributed by atoms with Gasteiger partial charge >= 0.3 is 0 Å². The Kier molecular flexibility index (Phi) is 3.08. The second-order valence-electron chi connectivity index (χ2n) is 1.96. The number of halogens is 2. The van der Waals surface area contributed by atoms with Gasteiger partial charge in [-0.1, -0.05) is 23.2 Å². The van der Waals surface area contributed by atoms with Gasteiger partial charge in [-0.3, -0.25) is 0 Å². The van der Waals surface area contributed by atoms with Crippen LogP contribution in [-0.4, -0.2) is 10.2 Å². The maximum atomic E-state index is 8.34. The summed E-state index contributed by atoms with van der Waals surface area (Å²) < 4.78 is 0. The number of hydrogen-bond donors (Lipinski definition) is 2. The van der Waals surface area contributed by atoms with Gasteiger partial charge in [0.05, 0.1) is 0 Å². The van der Waals surface area contributed by atoms with Crippen molar-refractivity contribution in [2.75, 3.05) is 0 Å². The lowest BCUT2D eigenvalue weighted by Gasteiger charge is -1.99. The molecule has 0 amide bonds. The van der Waals surface area contributed by atoms with Crippen molar-refractivity contribution in [3.8, 4) is 0 Å². The van der Waals surface area contributed by atoms with E-state index in [0.717, 1.165) is 5.56 Å². The summed E-state index contributed by atoms with van der Waals surface area (Å²) in [4.78, 5) is 3.74. The highest BCUT2D eigenvalue weighted by Crippen LogP contribution is 2.13. The molecule has 1 rings (SSSR count). The summed E-state index contributed by atoms with van der Waals surface area (Å²) in [7, 11) is 0. The highest BCUT2D eigenvalue weighted by molar-refractivity contribution is 6.32. The van der Waals surface area contributed by atoms with Crippen LogP contribution in [0, 0.1) is 0 Å². The lowest BCUT2D eigenvalue weighted by molar-refractivity contribution is 0.161. The normalized spacial score (nSPS) is 10.1. The Morgan fingerprint density at radius 3 is 2.36 bits per heavy atom. The zero-order chi connectivity index (χ0) is 8.27. The number of hydroxylamine groups is 1. The maximum Gasteiger partial charge on any atom is 0.131 e. The average molecular weight is 193 g/mol. The number of pyridine rings is 1. The van der Waals surface area contributed by atoms with E-state index in [1.807, 2.05) is 5.48 Å². The first-order chi connectivity index (χ1) is 5.22. The monoisotopic (exact) mass is 192 g/mol. The molecule has 0 fully saturated rings. The molecule has 11 heavy (non-hydrogen) atoms. The van der Waals surface area contributed by atoms with Crippen molar-refractivity contribution >= 4 is 23.2 Å². The van der Waals surface area contributed by atoms with Crippen molar-refractivity contribution in [3.05, 3.63) is 28.0 Å². The molecule has 0 saturated heterocycles. The number of rotatable bonds is 2. The van der Waals surface area contributed by atoms with Crippen molar-refractivity contribution in [1.82, 2.24) is 10.5 Å². The summed E-state index contributed by atoms with van der Waals surface area (Å²) in [6.45, 7) is 0.307. The van der Waals surface area contributed by atoms with E-state index in [4.69, 9.17) is 28.4 Å². The Balaban J connectivity index is 2.89. The fourth-order valence-corrected chi connectivity index (χ4v) is 1.21.